The topological polar surface area (TPSA) is 29.3 Å². The van der Waals surface area contributed by atoms with Gasteiger partial charge < -0.3 is 5.73 Å². The zero-order valence-corrected chi connectivity index (χ0v) is 11.9. The van der Waals surface area contributed by atoms with Crippen molar-refractivity contribution < 1.29 is 0 Å². The average molecular weight is 238 g/mol. The van der Waals surface area contributed by atoms with Crippen LogP contribution >= 0.6 is 0 Å². The lowest BCUT2D eigenvalue weighted by atomic mass is 9.75. The third-order valence-electron chi connectivity index (χ3n) is 5.29. The number of likely N-dealkylation sites (tertiary alicyclic amines) is 1. The van der Waals surface area contributed by atoms with E-state index in [4.69, 9.17) is 5.73 Å². The Bertz CT molecular complexity index is 251. The van der Waals surface area contributed by atoms with Crippen LogP contribution in [0.3, 0.4) is 0 Å². The molecule has 0 bridgehead atoms. The Hall–Kier alpha value is -0.0800. The molecule has 100 valence electrons. The first kappa shape index (κ1) is 13.4. The van der Waals surface area contributed by atoms with Gasteiger partial charge in [-0.15, -0.1) is 0 Å². The van der Waals surface area contributed by atoms with Crippen LogP contribution in [-0.2, 0) is 0 Å². The van der Waals surface area contributed by atoms with E-state index in [1.807, 2.05) is 0 Å². The van der Waals surface area contributed by atoms with Gasteiger partial charge in [0.25, 0.3) is 0 Å². The molecule has 1 aliphatic heterocycles. The highest BCUT2D eigenvalue weighted by Crippen LogP contribution is 2.39. The summed E-state index contributed by atoms with van der Waals surface area (Å²) in [6, 6.07) is 0. The molecule has 3 atom stereocenters. The summed E-state index contributed by atoms with van der Waals surface area (Å²) in [4.78, 5) is 2.74. The second kappa shape index (κ2) is 5.27. The van der Waals surface area contributed by atoms with E-state index in [9.17, 15) is 0 Å². The molecule has 2 fully saturated rings. The van der Waals surface area contributed by atoms with Crippen molar-refractivity contribution >= 4 is 0 Å². The van der Waals surface area contributed by atoms with Gasteiger partial charge in [0.15, 0.2) is 0 Å². The summed E-state index contributed by atoms with van der Waals surface area (Å²) >= 11 is 0. The van der Waals surface area contributed by atoms with Crippen molar-refractivity contribution in [3.05, 3.63) is 0 Å². The minimum atomic E-state index is 0.349. The molecule has 0 aromatic carbocycles. The molecule has 2 heteroatoms. The lowest BCUT2D eigenvalue weighted by Crippen LogP contribution is -2.55. The summed E-state index contributed by atoms with van der Waals surface area (Å²) < 4.78 is 0. The molecule has 2 N–H and O–H groups in total. The van der Waals surface area contributed by atoms with E-state index in [-0.39, 0.29) is 0 Å². The van der Waals surface area contributed by atoms with Crippen molar-refractivity contribution in [2.24, 2.45) is 23.5 Å². The van der Waals surface area contributed by atoms with Crippen molar-refractivity contribution in [3.63, 3.8) is 0 Å². The third kappa shape index (κ3) is 2.68. The number of nitrogens with zero attached hydrogens (tertiary/aromatic N) is 1. The molecule has 1 saturated carbocycles. The summed E-state index contributed by atoms with van der Waals surface area (Å²) in [5.41, 5.74) is 6.51. The van der Waals surface area contributed by atoms with E-state index >= 15 is 0 Å². The van der Waals surface area contributed by atoms with Gasteiger partial charge in [-0.1, -0.05) is 33.6 Å². The molecule has 17 heavy (non-hydrogen) atoms. The van der Waals surface area contributed by atoms with Crippen LogP contribution in [0.2, 0.25) is 0 Å². The molecule has 0 amide bonds. The molecule has 0 aromatic heterocycles. The SMILES string of the molecule is CC1CCCC(CN)(N2CCC(C(C)C)C2)C1. The summed E-state index contributed by atoms with van der Waals surface area (Å²) in [7, 11) is 0. The van der Waals surface area contributed by atoms with Gasteiger partial charge in [0, 0.05) is 18.6 Å². The van der Waals surface area contributed by atoms with Crippen LogP contribution in [0.4, 0.5) is 0 Å². The molecule has 1 heterocycles. The minimum absolute atomic E-state index is 0.349. The predicted molar refractivity (Wildman–Crippen MR) is 73.9 cm³/mol. The van der Waals surface area contributed by atoms with Gasteiger partial charge in [-0.05, 0) is 43.6 Å². The van der Waals surface area contributed by atoms with E-state index in [1.54, 1.807) is 0 Å². The molecule has 0 spiro atoms. The van der Waals surface area contributed by atoms with Crippen LogP contribution in [0.5, 0.6) is 0 Å². The Morgan fingerprint density at radius 2 is 2.12 bits per heavy atom. The maximum Gasteiger partial charge on any atom is 0.0334 e. The van der Waals surface area contributed by atoms with Crippen LogP contribution in [-0.4, -0.2) is 30.1 Å². The lowest BCUT2D eigenvalue weighted by Gasteiger charge is -2.46. The molecule has 2 rings (SSSR count). The van der Waals surface area contributed by atoms with E-state index in [0.29, 0.717) is 5.54 Å². The lowest BCUT2D eigenvalue weighted by molar-refractivity contribution is 0.0547. The van der Waals surface area contributed by atoms with Crippen molar-refractivity contribution in [2.45, 2.75) is 58.4 Å². The normalized spacial score (nSPS) is 40.1. The van der Waals surface area contributed by atoms with Gasteiger partial charge in [-0.3, -0.25) is 4.90 Å². The fourth-order valence-electron chi connectivity index (χ4n) is 4.00. The molecule has 1 aliphatic carbocycles. The zero-order valence-electron chi connectivity index (χ0n) is 11.9. The first-order valence-electron chi connectivity index (χ1n) is 7.52. The Morgan fingerprint density at radius 3 is 2.65 bits per heavy atom. The largest absolute Gasteiger partial charge is 0.329 e. The van der Waals surface area contributed by atoms with Crippen LogP contribution < -0.4 is 5.73 Å². The average Bonchev–Trinajstić information content (AvgIpc) is 2.78. The maximum absolute atomic E-state index is 6.16. The van der Waals surface area contributed by atoms with Crippen LogP contribution in [0.1, 0.15) is 52.9 Å². The first-order valence-corrected chi connectivity index (χ1v) is 7.52. The monoisotopic (exact) mass is 238 g/mol. The van der Waals surface area contributed by atoms with E-state index in [1.165, 1.54) is 45.2 Å². The fourth-order valence-corrected chi connectivity index (χ4v) is 4.00. The van der Waals surface area contributed by atoms with Gasteiger partial charge >= 0.3 is 0 Å². The number of hydrogen-bond donors (Lipinski definition) is 1. The maximum atomic E-state index is 6.16. The van der Waals surface area contributed by atoms with Crippen LogP contribution in [0.25, 0.3) is 0 Å². The van der Waals surface area contributed by atoms with Gasteiger partial charge in [-0.25, -0.2) is 0 Å². The Kier molecular flexibility index (Phi) is 4.14. The number of nitrogens with two attached hydrogens (primary N) is 1. The smallest absolute Gasteiger partial charge is 0.0334 e. The summed E-state index contributed by atoms with van der Waals surface area (Å²) in [6.45, 7) is 10.6. The fraction of sp³-hybridized carbons (Fsp3) is 1.00. The zero-order chi connectivity index (χ0) is 12.5. The molecule has 2 aliphatic rings. The van der Waals surface area contributed by atoms with Crippen molar-refractivity contribution in [1.82, 2.24) is 4.90 Å². The Morgan fingerprint density at radius 1 is 1.35 bits per heavy atom. The quantitative estimate of drug-likeness (QED) is 0.819. The van der Waals surface area contributed by atoms with E-state index in [2.05, 4.69) is 25.7 Å². The number of rotatable bonds is 3. The minimum Gasteiger partial charge on any atom is -0.329 e. The molecule has 0 radical (unpaired) electrons. The molecule has 3 unspecified atom stereocenters. The molecule has 1 saturated heterocycles. The van der Waals surface area contributed by atoms with Crippen molar-refractivity contribution in [2.75, 3.05) is 19.6 Å². The van der Waals surface area contributed by atoms with Crippen LogP contribution in [0.15, 0.2) is 0 Å². The second-order valence-electron chi connectivity index (χ2n) is 6.87. The predicted octanol–water partition coefficient (Wildman–Crippen LogP) is 2.87. The van der Waals surface area contributed by atoms with E-state index < -0.39 is 0 Å². The number of hydrogen-bond acceptors (Lipinski definition) is 2. The Balaban J connectivity index is 2.03. The standard InChI is InChI=1S/C15H30N2/c1-12(2)14-6-8-17(10-14)15(11-16)7-4-5-13(3)9-15/h12-14H,4-11,16H2,1-3H3. The Labute approximate surface area is 107 Å². The van der Waals surface area contributed by atoms with Gasteiger partial charge in [0.2, 0.25) is 0 Å². The molecule has 2 nitrogen and oxygen atoms in total. The highest BCUT2D eigenvalue weighted by molar-refractivity contribution is 4.98. The summed E-state index contributed by atoms with van der Waals surface area (Å²) in [5.74, 6) is 2.59. The summed E-state index contributed by atoms with van der Waals surface area (Å²) in [6.07, 6.45) is 6.82. The molecular formula is C15H30N2. The third-order valence-corrected chi connectivity index (χ3v) is 5.29. The van der Waals surface area contributed by atoms with Gasteiger partial charge in [0.05, 0.1) is 0 Å². The van der Waals surface area contributed by atoms with Crippen molar-refractivity contribution in [1.29, 1.82) is 0 Å². The highest BCUT2D eigenvalue weighted by Gasteiger charge is 2.42. The van der Waals surface area contributed by atoms with Gasteiger partial charge in [-0.2, -0.15) is 0 Å². The second-order valence-corrected chi connectivity index (χ2v) is 6.87. The van der Waals surface area contributed by atoms with Gasteiger partial charge in [0.1, 0.15) is 0 Å². The summed E-state index contributed by atoms with van der Waals surface area (Å²) in [5, 5.41) is 0. The van der Waals surface area contributed by atoms with E-state index in [0.717, 1.165) is 24.3 Å². The molecular weight excluding hydrogens is 208 g/mol. The molecule has 0 aromatic rings. The first-order chi connectivity index (χ1) is 8.07. The van der Waals surface area contributed by atoms with Crippen LogP contribution in [0, 0.1) is 17.8 Å². The van der Waals surface area contributed by atoms with Crippen molar-refractivity contribution in [3.8, 4) is 0 Å². The highest BCUT2D eigenvalue weighted by atomic mass is 15.2.